The Labute approximate surface area is 133 Å². The Kier molecular flexibility index (Phi) is 6.29. The normalized spacial score (nSPS) is 10.5. The van der Waals surface area contributed by atoms with Crippen LogP contribution in [0.1, 0.15) is 23.4 Å². The van der Waals surface area contributed by atoms with Crippen molar-refractivity contribution < 1.29 is 9.53 Å². The molecule has 2 rings (SSSR count). The van der Waals surface area contributed by atoms with Gasteiger partial charge < -0.3 is 15.8 Å². The van der Waals surface area contributed by atoms with Crippen LogP contribution in [0.2, 0.25) is 0 Å². The Morgan fingerprint density at radius 2 is 2.27 bits per heavy atom. The third kappa shape index (κ3) is 5.42. The fourth-order valence-corrected chi connectivity index (χ4v) is 2.55. The van der Waals surface area contributed by atoms with Gasteiger partial charge in [0.25, 0.3) is 0 Å². The molecule has 0 aliphatic rings. The molecule has 0 atom stereocenters. The number of amides is 1. The van der Waals surface area contributed by atoms with Gasteiger partial charge in [-0.25, -0.2) is 0 Å². The molecule has 6 nitrogen and oxygen atoms in total. The maximum absolute atomic E-state index is 11.6. The number of carbonyl (C=O) groups is 1. The molecule has 118 valence electrons. The lowest BCUT2D eigenvalue weighted by Crippen LogP contribution is -2.13. The van der Waals surface area contributed by atoms with Crippen LogP contribution in [0.4, 0.5) is 5.13 Å². The summed E-state index contributed by atoms with van der Waals surface area (Å²) in [5, 5.41) is 12.1. The van der Waals surface area contributed by atoms with E-state index in [1.54, 1.807) is 0 Å². The topological polar surface area (TPSA) is 90.1 Å². The molecule has 1 aromatic heterocycles. The van der Waals surface area contributed by atoms with Crippen molar-refractivity contribution in [1.82, 2.24) is 10.2 Å². The van der Waals surface area contributed by atoms with E-state index in [0.717, 1.165) is 16.3 Å². The van der Waals surface area contributed by atoms with Crippen LogP contribution in [-0.2, 0) is 11.2 Å². The van der Waals surface area contributed by atoms with Gasteiger partial charge >= 0.3 is 0 Å². The maximum Gasteiger partial charge on any atom is 0.226 e. The average molecular weight is 320 g/mol. The number of aryl methyl sites for hydroxylation is 1. The molecule has 22 heavy (non-hydrogen) atoms. The van der Waals surface area contributed by atoms with Crippen molar-refractivity contribution >= 4 is 22.4 Å². The number of nitrogens with two attached hydrogens (primary N) is 1. The second-order valence-corrected chi connectivity index (χ2v) is 5.92. The highest BCUT2D eigenvalue weighted by Crippen LogP contribution is 2.17. The summed E-state index contributed by atoms with van der Waals surface area (Å²) in [5.41, 5.74) is 6.53. The number of nitrogens with zero attached hydrogens (tertiary/aromatic N) is 2. The van der Waals surface area contributed by atoms with Gasteiger partial charge in [0.1, 0.15) is 10.8 Å². The smallest absolute Gasteiger partial charge is 0.226 e. The number of nitrogens with one attached hydrogen (secondary N) is 1. The van der Waals surface area contributed by atoms with Crippen LogP contribution in [0, 0.1) is 6.92 Å². The van der Waals surface area contributed by atoms with Crippen LogP contribution in [0.3, 0.4) is 0 Å². The molecule has 0 saturated heterocycles. The summed E-state index contributed by atoms with van der Waals surface area (Å²) in [5.74, 6) is 0.768. The Bertz CT molecular complexity index is 615. The predicted octanol–water partition coefficient (Wildman–Crippen LogP) is 2.15. The number of benzene rings is 1. The molecular weight excluding hydrogens is 300 g/mol. The molecule has 0 aliphatic carbocycles. The van der Waals surface area contributed by atoms with Crippen molar-refractivity contribution in [3.05, 3.63) is 34.8 Å². The van der Waals surface area contributed by atoms with Crippen molar-refractivity contribution in [2.75, 3.05) is 18.5 Å². The van der Waals surface area contributed by atoms with E-state index in [1.807, 2.05) is 31.2 Å². The summed E-state index contributed by atoms with van der Waals surface area (Å²) in [6.07, 6.45) is 1.73. The van der Waals surface area contributed by atoms with E-state index < -0.39 is 0 Å². The van der Waals surface area contributed by atoms with E-state index in [-0.39, 0.29) is 5.91 Å². The number of carbonyl (C=O) groups excluding carboxylic acids is 1. The van der Waals surface area contributed by atoms with Gasteiger partial charge in [0.05, 0.1) is 6.61 Å². The third-order valence-electron chi connectivity index (χ3n) is 2.90. The number of anilines is 1. The molecule has 7 heteroatoms. The fraction of sp³-hybridized carbons (Fsp3) is 0.400. The number of hydrogen-bond acceptors (Lipinski definition) is 6. The summed E-state index contributed by atoms with van der Waals surface area (Å²) in [7, 11) is 0. The second kappa shape index (κ2) is 8.45. The van der Waals surface area contributed by atoms with Gasteiger partial charge in [-0.3, -0.25) is 4.79 Å². The van der Waals surface area contributed by atoms with Gasteiger partial charge in [-0.05, 0) is 37.6 Å². The molecule has 3 N–H and O–H groups in total. The van der Waals surface area contributed by atoms with Crippen molar-refractivity contribution in [3.8, 4) is 5.75 Å². The van der Waals surface area contributed by atoms with Crippen molar-refractivity contribution in [1.29, 1.82) is 0 Å². The van der Waals surface area contributed by atoms with Crippen LogP contribution in [0.5, 0.6) is 5.75 Å². The Morgan fingerprint density at radius 3 is 3.05 bits per heavy atom. The minimum absolute atomic E-state index is 0.0795. The lowest BCUT2D eigenvalue weighted by atomic mass is 10.2. The lowest BCUT2D eigenvalue weighted by Gasteiger charge is -2.04. The molecule has 0 spiro atoms. The highest BCUT2D eigenvalue weighted by Gasteiger charge is 2.08. The molecule has 0 bridgehead atoms. The molecule has 2 aromatic rings. The summed E-state index contributed by atoms with van der Waals surface area (Å²) >= 11 is 1.37. The van der Waals surface area contributed by atoms with Crippen LogP contribution in [0.25, 0.3) is 0 Å². The molecule has 0 fully saturated rings. The van der Waals surface area contributed by atoms with Gasteiger partial charge in [-0.1, -0.05) is 23.5 Å². The van der Waals surface area contributed by atoms with Crippen molar-refractivity contribution in [2.45, 2.75) is 26.2 Å². The largest absolute Gasteiger partial charge is 0.493 e. The third-order valence-corrected chi connectivity index (χ3v) is 3.79. The van der Waals surface area contributed by atoms with Crippen LogP contribution < -0.4 is 15.8 Å². The number of aromatic nitrogens is 2. The number of ether oxygens (including phenoxy) is 1. The Balaban J connectivity index is 1.76. The zero-order chi connectivity index (χ0) is 15.8. The molecule has 0 radical (unpaired) electrons. The van der Waals surface area contributed by atoms with Gasteiger partial charge in [0.2, 0.25) is 11.0 Å². The van der Waals surface area contributed by atoms with E-state index in [1.165, 1.54) is 11.3 Å². The lowest BCUT2D eigenvalue weighted by molar-refractivity contribution is -0.116. The monoisotopic (exact) mass is 320 g/mol. The van der Waals surface area contributed by atoms with Crippen LogP contribution >= 0.6 is 11.3 Å². The van der Waals surface area contributed by atoms with E-state index in [0.29, 0.717) is 37.5 Å². The minimum Gasteiger partial charge on any atom is -0.493 e. The predicted molar refractivity (Wildman–Crippen MR) is 87.2 cm³/mol. The second-order valence-electron chi connectivity index (χ2n) is 4.86. The summed E-state index contributed by atoms with van der Waals surface area (Å²) < 4.78 is 5.67. The minimum atomic E-state index is -0.0795. The number of hydrogen-bond donors (Lipinski definition) is 2. The molecule has 1 aromatic carbocycles. The fourth-order valence-electron chi connectivity index (χ4n) is 1.81. The van der Waals surface area contributed by atoms with Crippen LogP contribution in [0.15, 0.2) is 24.3 Å². The first-order chi connectivity index (χ1) is 10.7. The molecular formula is C15H20N4O2S. The summed E-state index contributed by atoms with van der Waals surface area (Å²) in [6, 6.07) is 7.90. The quantitative estimate of drug-likeness (QED) is 0.778. The standard InChI is InChI=1S/C15H20N4O2S/c1-11-4-2-5-12(10-11)21-9-7-14-18-19-15(22-14)17-13(20)6-3-8-16/h2,4-5,10H,3,6-9,16H2,1H3,(H,17,19,20). The van der Waals surface area contributed by atoms with Crippen molar-refractivity contribution in [2.24, 2.45) is 5.73 Å². The van der Waals surface area contributed by atoms with Gasteiger partial charge in [-0.2, -0.15) is 0 Å². The van der Waals surface area contributed by atoms with E-state index >= 15 is 0 Å². The molecule has 1 heterocycles. The SMILES string of the molecule is Cc1cccc(OCCc2nnc(NC(=O)CCCN)s2)c1. The molecule has 0 saturated carbocycles. The first-order valence-corrected chi connectivity index (χ1v) is 8.01. The highest BCUT2D eigenvalue weighted by atomic mass is 32.1. The molecule has 0 aliphatic heterocycles. The first kappa shape index (κ1) is 16.4. The zero-order valence-corrected chi connectivity index (χ0v) is 13.4. The summed E-state index contributed by atoms with van der Waals surface area (Å²) in [4.78, 5) is 11.6. The Morgan fingerprint density at radius 1 is 1.41 bits per heavy atom. The van der Waals surface area contributed by atoms with Gasteiger partial charge in [-0.15, -0.1) is 10.2 Å². The zero-order valence-electron chi connectivity index (χ0n) is 12.5. The highest BCUT2D eigenvalue weighted by molar-refractivity contribution is 7.15. The Hall–Kier alpha value is -1.99. The van der Waals surface area contributed by atoms with Gasteiger partial charge in [0.15, 0.2) is 0 Å². The summed E-state index contributed by atoms with van der Waals surface area (Å²) in [6.45, 7) is 3.06. The molecule has 0 unspecified atom stereocenters. The maximum atomic E-state index is 11.6. The van der Waals surface area contributed by atoms with Crippen molar-refractivity contribution in [3.63, 3.8) is 0 Å². The van der Waals surface area contributed by atoms with E-state index in [2.05, 4.69) is 15.5 Å². The molecule has 1 amide bonds. The van der Waals surface area contributed by atoms with Gasteiger partial charge in [0, 0.05) is 12.8 Å². The van der Waals surface area contributed by atoms with Crippen LogP contribution in [-0.4, -0.2) is 29.3 Å². The van der Waals surface area contributed by atoms with E-state index in [4.69, 9.17) is 10.5 Å². The van der Waals surface area contributed by atoms with E-state index in [9.17, 15) is 4.79 Å². The number of rotatable bonds is 8. The average Bonchev–Trinajstić information content (AvgIpc) is 2.92. The first-order valence-electron chi connectivity index (χ1n) is 7.19.